The summed E-state index contributed by atoms with van der Waals surface area (Å²) in [5.74, 6) is 0.807. The van der Waals surface area contributed by atoms with Crippen LogP contribution in [0.15, 0.2) is 49.2 Å². The highest BCUT2D eigenvalue weighted by molar-refractivity contribution is 5.86. The minimum atomic E-state index is -0.421. The van der Waals surface area contributed by atoms with Crippen LogP contribution in [-0.4, -0.2) is 69.1 Å². The molecule has 2 aliphatic rings. The second kappa shape index (κ2) is 7.74. The van der Waals surface area contributed by atoms with Gasteiger partial charge in [-0.2, -0.15) is 9.61 Å². The molecule has 35 heavy (non-hydrogen) atoms. The lowest BCUT2D eigenvalue weighted by Crippen LogP contribution is -2.47. The number of imidazole rings is 1. The van der Waals surface area contributed by atoms with Crippen LogP contribution in [0, 0.1) is 0 Å². The third-order valence-corrected chi connectivity index (χ3v) is 7.54. The molecule has 10 heteroatoms. The summed E-state index contributed by atoms with van der Waals surface area (Å²) in [5.41, 5.74) is 5.36. The van der Waals surface area contributed by atoms with Crippen molar-refractivity contribution >= 4 is 22.6 Å². The normalized spacial score (nSPS) is 21.9. The molecule has 176 valence electrons. The Labute approximate surface area is 200 Å². The maximum atomic E-state index is 12.3. The van der Waals surface area contributed by atoms with Gasteiger partial charge in [-0.1, -0.05) is 6.07 Å². The van der Waals surface area contributed by atoms with Gasteiger partial charge in [-0.15, -0.1) is 0 Å². The average Bonchev–Trinajstić information content (AvgIpc) is 3.68. The molecule has 5 aromatic rings. The second-order valence-corrected chi connectivity index (χ2v) is 9.41. The predicted octanol–water partition coefficient (Wildman–Crippen LogP) is 2.89. The zero-order chi connectivity index (χ0) is 23.5. The van der Waals surface area contributed by atoms with Crippen molar-refractivity contribution in [2.45, 2.75) is 43.7 Å². The van der Waals surface area contributed by atoms with Gasteiger partial charge in [0.05, 0.1) is 11.9 Å². The first-order chi connectivity index (χ1) is 17.2. The second-order valence-electron chi connectivity index (χ2n) is 9.41. The van der Waals surface area contributed by atoms with E-state index in [2.05, 4.69) is 31.1 Å². The molecule has 2 aliphatic heterocycles. The molecule has 7 rings (SSSR count). The summed E-state index contributed by atoms with van der Waals surface area (Å²) in [5, 5.41) is 15.1. The van der Waals surface area contributed by atoms with Crippen molar-refractivity contribution in [3.63, 3.8) is 0 Å². The van der Waals surface area contributed by atoms with Gasteiger partial charge in [0.1, 0.15) is 17.9 Å². The third-order valence-electron chi connectivity index (χ3n) is 7.54. The molecule has 0 aliphatic carbocycles. The fourth-order valence-corrected chi connectivity index (χ4v) is 6.03. The largest absolute Gasteiger partial charge is 0.387 e. The smallest absolute Gasteiger partial charge is 0.248 e. The first-order valence-corrected chi connectivity index (χ1v) is 11.9. The number of pyridine rings is 1. The molecule has 0 saturated carbocycles. The highest BCUT2D eigenvalue weighted by Gasteiger charge is 2.44. The summed E-state index contributed by atoms with van der Waals surface area (Å²) in [6.45, 7) is -0.421. The topological polar surface area (TPSA) is 128 Å². The van der Waals surface area contributed by atoms with Crippen LogP contribution in [0.3, 0.4) is 0 Å². The minimum Gasteiger partial charge on any atom is -0.387 e. The fourth-order valence-electron chi connectivity index (χ4n) is 6.03. The van der Waals surface area contributed by atoms with E-state index in [4.69, 9.17) is 4.98 Å². The molecule has 2 fully saturated rings. The molecule has 7 heterocycles. The number of carbonyl (C=O) groups excluding carboxylic acids is 1. The number of fused-ring (bicyclic) bond motifs is 5. The number of rotatable bonds is 4. The van der Waals surface area contributed by atoms with Gasteiger partial charge in [-0.25, -0.2) is 9.97 Å². The van der Waals surface area contributed by atoms with Gasteiger partial charge in [0.2, 0.25) is 5.91 Å². The molecule has 1 unspecified atom stereocenters. The number of carbonyl (C=O) groups is 1. The standard InChI is InChI=1S/C25H24N8O2/c34-13-21(35)32-16-2-3-17(32)10-15(9-16)22-18-5-6-28-24(18)33-25(31-22)19(12-30-33)14-1-4-20(29-11-14)23-26-7-8-27-23/h1,4-8,11-12,15-17,28,34H,2-3,9-10,13H2,(H,26,27)/t15?,16-,17+. The van der Waals surface area contributed by atoms with Crippen molar-refractivity contribution in [1.29, 1.82) is 0 Å². The molecule has 5 aromatic heterocycles. The Hall–Kier alpha value is -4.05. The molecule has 2 saturated heterocycles. The summed E-state index contributed by atoms with van der Waals surface area (Å²) in [4.78, 5) is 34.7. The Bertz CT molecular complexity index is 1520. The van der Waals surface area contributed by atoms with E-state index in [-0.39, 0.29) is 23.9 Å². The monoisotopic (exact) mass is 468 g/mol. The Kier molecular flexibility index (Phi) is 4.50. The number of nitrogens with zero attached hydrogens (tertiary/aromatic N) is 6. The molecule has 10 nitrogen and oxygen atoms in total. The highest BCUT2D eigenvalue weighted by Crippen LogP contribution is 2.44. The van der Waals surface area contributed by atoms with Crippen molar-refractivity contribution in [3.8, 4) is 22.6 Å². The number of piperidine rings is 1. The lowest BCUT2D eigenvalue weighted by Gasteiger charge is -2.38. The molecule has 2 bridgehead atoms. The quantitative estimate of drug-likeness (QED) is 0.372. The fraction of sp³-hybridized carbons (Fsp3) is 0.320. The molecular formula is C25H24N8O2. The summed E-state index contributed by atoms with van der Waals surface area (Å²) < 4.78 is 1.85. The first-order valence-electron chi connectivity index (χ1n) is 11.9. The van der Waals surface area contributed by atoms with Gasteiger partial charge in [0, 0.05) is 59.3 Å². The third kappa shape index (κ3) is 3.09. The zero-order valence-corrected chi connectivity index (χ0v) is 18.9. The number of H-pyrrole nitrogens is 2. The van der Waals surface area contributed by atoms with Crippen LogP contribution in [0.1, 0.15) is 37.3 Å². The van der Waals surface area contributed by atoms with Crippen molar-refractivity contribution in [1.82, 2.24) is 39.4 Å². The van der Waals surface area contributed by atoms with Crippen LogP contribution < -0.4 is 0 Å². The lowest BCUT2D eigenvalue weighted by atomic mass is 9.86. The maximum Gasteiger partial charge on any atom is 0.248 e. The summed E-state index contributed by atoms with van der Waals surface area (Å²) in [6, 6.07) is 6.34. The Morgan fingerprint density at radius 1 is 1.06 bits per heavy atom. The molecule has 1 amide bonds. The van der Waals surface area contributed by atoms with Gasteiger partial charge in [-0.05, 0) is 37.8 Å². The van der Waals surface area contributed by atoms with Crippen LogP contribution in [0.4, 0.5) is 0 Å². The predicted molar refractivity (Wildman–Crippen MR) is 128 cm³/mol. The molecule has 3 N–H and O–H groups in total. The van der Waals surface area contributed by atoms with E-state index < -0.39 is 6.61 Å². The van der Waals surface area contributed by atoms with Gasteiger partial charge < -0.3 is 20.0 Å². The van der Waals surface area contributed by atoms with Crippen LogP contribution in [0.2, 0.25) is 0 Å². The minimum absolute atomic E-state index is 0.158. The van der Waals surface area contributed by atoms with Crippen LogP contribution in [0.25, 0.3) is 39.3 Å². The number of nitrogens with one attached hydrogen (secondary N) is 2. The van der Waals surface area contributed by atoms with Crippen LogP contribution >= 0.6 is 0 Å². The summed E-state index contributed by atoms with van der Waals surface area (Å²) in [6.07, 6.45) is 12.8. The van der Waals surface area contributed by atoms with Gasteiger partial charge >= 0.3 is 0 Å². The van der Waals surface area contributed by atoms with Gasteiger partial charge in [0.25, 0.3) is 0 Å². The van der Waals surface area contributed by atoms with Gasteiger partial charge in [-0.3, -0.25) is 9.78 Å². The number of aliphatic hydroxyl groups is 1. The number of aromatic amines is 2. The average molecular weight is 469 g/mol. The van der Waals surface area contributed by atoms with Crippen LogP contribution in [0.5, 0.6) is 0 Å². The van der Waals surface area contributed by atoms with E-state index in [1.165, 1.54) is 0 Å². The number of hydrogen-bond donors (Lipinski definition) is 3. The van der Waals surface area contributed by atoms with E-state index >= 15 is 0 Å². The highest BCUT2D eigenvalue weighted by atomic mass is 16.3. The van der Waals surface area contributed by atoms with E-state index in [0.717, 1.165) is 70.7 Å². The van der Waals surface area contributed by atoms with Crippen molar-refractivity contribution < 1.29 is 9.90 Å². The SMILES string of the molecule is O=C(CO)N1[C@@H]2CC[C@H]1CC(c1nc3c(-c4ccc(-c5ncc[nH]5)nc4)cnn3c3[nH]ccc13)C2. The van der Waals surface area contributed by atoms with Crippen molar-refractivity contribution in [2.24, 2.45) is 0 Å². The van der Waals surface area contributed by atoms with Crippen LogP contribution in [-0.2, 0) is 4.79 Å². The molecule has 3 atom stereocenters. The number of aliphatic hydroxyl groups excluding tert-OH is 1. The van der Waals surface area contributed by atoms with E-state index in [0.29, 0.717) is 0 Å². The van der Waals surface area contributed by atoms with Crippen molar-refractivity contribution in [2.75, 3.05) is 6.61 Å². The lowest BCUT2D eigenvalue weighted by molar-refractivity contribution is -0.138. The number of aromatic nitrogens is 7. The molecule has 0 aromatic carbocycles. The molecule has 0 radical (unpaired) electrons. The maximum absolute atomic E-state index is 12.3. The Morgan fingerprint density at radius 3 is 2.63 bits per heavy atom. The van der Waals surface area contributed by atoms with E-state index in [9.17, 15) is 9.90 Å². The zero-order valence-electron chi connectivity index (χ0n) is 18.9. The number of amides is 1. The van der Waals surface area contributed by atoms with Crippen molar-refractivity contribution in [3.05, 3.63) is 54.9 Å². The molecular weight excluding hydrogens is 444 g/mol. The van der Waals surface area contributed by atoms with E-state index in [1.54, 1.807) is 12.4 Å². The Morgan fingerprint density at radius 2 is 1.91 bits per heavy atom. The summed E-state index contributed by atoms with van der Waals surface area (Å²) in [7, 11) is 0. The number of hydrogen-bond acceptors (Lipinski definition) is 6. The molecule has 0 spiro atoms. The summed E-state index contributed by atoms with van der Waals surface area (Å²) >= 11 is 0. The Balaban J connectivity index is 1.30. The van der Waals surface area contributed by atoms with E-state index in [1.807, 2.05) is 40.1 Å². The first kappa shape index (κ1) is 20.3. The van der Waals surface area contributed by atoms with Gasteiger partial charge in [0.15, 0.2) is 11.5 Å².